The van der Waals surface area contributed by atoms with E-state index in [1.54, 1.807) is 5.32 Å². The van der Waals surface area contributed by atoms with Crippen LogP contribution in [0.5, 0.6) is 0 Å². The molecule has 0 aliphatic carbocycles. The summed E-state index contributed by atoms with van der Waals surface area (Å²) in [6.07, 6.45) is -5.48. The Balaban J connectivity index is 2.96. The summed E-state index contributed by atoms with van der Waals surface area (Å²) in [6, 6.07) is 5.30. The second-order valence-electron chi connectivity index (χ2n) is 3.49. The molecule has 0 heterocycles. The molecule has 1 N–H and O–H groups in total. The van der Waals surface area contributed by atoms with Crippen LogP contribution in [0.1, 0.15) is 6.92 Å². The fraction of sp³-hybridized carbons (Fsp3) is 0.364. The van der Waals surface area contributed by atoms with Gasteiger partial charge in [-0.1, -0.05) is 17.7 Å². The molecule has 0 aliphatic rings. The summed E-state index contributed by atoms with van der Waals surface area (Å²) in [5.41, 5.74) is -0.0662. The number of amides is 1. The summed E-state index contributed by atoms with van der Waals surface area (Å²) < 4.78 is 55.2. The fourth-order valence-corrected chi connectivity index (χ4v) is 1.44. The first-order valence-corrected chi connectivity index (χ1v) is 5.55. The van der Waals surface area contributed by atoms with Crippen LogP contribution in [-0.4, -0.2) is 24.5 Å². The number of hydrogen-bond acceptors (Lipinski definition) is 2. The molecule has 0 spiro atoms. The number of rotatable bonds is 4. The first kappa shape index (κ1) is 15.7. The molecule has 1 aromatic carbocycles. The minimum atomic E-state index is -5.48. The van der Waals surface area contributed by atoms with Gasteiger partial charge in [0.2, 0.25) is 0 Å². The van der Waals surface area contributed by atoms with E-state index in [2.05, 4.69) is 4.74 Å². The van der Waals surface area contributed by atoms with Gasteiger partial charge in [-0.15, -0.1) is 0 Å². The zero-order valence-electron chi connectivity index (χ0n) is 9.72. The van der Waals surface area contributed by atoms with Crippen LogP contribution in [-0.2, 0) is 9.53 Å². The number of carbonyl (C=O) groups is 1. The second kappa shape index (κ2) is 5.75. The highest BCUT2D eigenvalue weighted by Gasteiger charge is 2.63. The monoisotopic (exact) mass is 299 g/mol. The van der Waals surface area contributed by atoms with Crippen LogP contribution >= 0.6 is 11.6 Å². The average Bonchev–Trinajstić information content (AvgIpc) is 2.27. The molecule has 106 valence electrons. The Hall–Kier alpha value is -1.34. The first-order chi connectivity index (χ1) is 8.70. The highest BCUT2D eigenvalue weighted by Crippen LogP contribution is 2.36. The zero-order chi connectivity index (χ0) is 14.7. The van der Waals surface area contributed by atoms with Crippen molar-refractivity contribution < 1.29 is 27.1 Å². The van der Waals surface area contributed by atoms with Gasteiger partial charge < -0.3 is 10.1 Å². The van der Waals surface area contributed by atoms with Gasteiger partial charge in [-0.2, -0.15) is 17.6 Å². The van der Waals surface area contributed by atoms with Crippen molar-refractivity contribution in [2.75, 3.05) is 11.9 Å². The number of hydrogen-bond donors (Lipinski definition) is 1. The highest BCUT2D eigenvalue weighted by atomic mass is 35.5. The molecule has 0 aliphatic heterocycles. The van der Waals surface area contributed by atoms with Crippen molar-refractivity contribution in [3.05, 3.63) is 29.3 Å². The summed E-state index contributed by atoms with van der Waals surface area (Å²) in [7, 11) is 0. The molecule has 8 heteroatoms. The first-order valence-electron chi connectivity index (χ1n) is 5.17. The molecule has 0 saturated heterocycles. The van der Waals surface area contributed by atoms with Gasteiger partial charge in [0, 0.05) is 17.3 Å². The van der Waals surface area contributed by atoms with Crippen molar-refractivity contribution in [1.29, 1.82) is 0 Å². The maximum atomic E-state index is 13.7. The zero-order valence-corrected chi connectivity index (χ0v) is 10.5. The lowest BCUT2D eigenvalue weighted by Gasteiger charge is -2.26. The minimum Gasteiger partial charge on any atom is -0.332 e. The molecule has 3 nitrogen and oxygen atoms in total. The molecule has 0 aromatic heterocycles. The number of alkyl halides is 4. The SMILES string of the molecule is CCOC(F)(C(=O)Nc1cccc(Cl)c1)C(F)(F)F. The Bertz CT molecular complexity index is 466. The van der Waals surface area contributed by atoms with Crippen LogP contribution < -0.4 is 5.32 Å². The number of halogens is 5. The topological polar surface area (TPSA) is 38.3 Å². The second-order valence-corrected chi connectivity index (χ2v) is 3.93. The van der Waals surface area contributed by atoms with Crippen molar-refractivity contribution >= 4 is 23.2 Å². The Labute approximate surface area is 111 Å². The molecule has 19 heavy (non-hydrogen) atoms. The van der Waals surface area contributed by atoms with Crippen LogP contribution in [0.3, 0.4) is 0 Å². The predicted octanol–water partition coefficient (Wildman–Crippen LogP) is 3.54. The molecule has 1 aromatic rings. The Kier molecular flexibility index (Phi) is 4.75. The minimum absolute atomic E-state index is 0.0662. The van der Waals surface area contributed by atoms with Crippen molar-refractivity contribution in [1.82, 2.24) is 0 Å². The number of benzene rings is 1. The summed E-state index contributed by atoms with van der Waals surface area (Å²) in [5.74, 6) is -6.35. The van der Waals surface area contributed by atoms with Crippen molar-refractivity contribution in [3.8, 4) is 0 Å². The maximum absolute atomic E-state index is 13.7. The van der Waals surface area contributed by atoms with Crippen LogP contribution in [0.4, 0.5) is 23.2 Å². The average molecular weight is 300 g/mol. The highest BCUT2D eigenvalue weighted by molar-refractivity contribution is 6.30. The molecule has 1 amide bonds. The van der Waals surface area contributed by atoms with Gasteiger partial charge >= 0.3 is 12.0 Å². The summed E-state index contributed by atoms with van der Waals surface area (Å²) in [4.78, 5) is 11.4. The molecule has 0 fully saturated rings. The lowest BCUT2D eigenvalue weighted by Crippen LogP contribution is -2.53. The van der Waals surface area contributed by atoms with Crippen LogP contribution in [0.15, 0.2) is 24.3 Å². The molecular weight excluding hydrogens is 290 g/mol. The number of carbonyl (C=O) groups excluding carboxylic acids is 1. The van der Waals surface area contributed by atoms with Gasteiger partial charge in [0.05, 0.1) is 0 Å². The Morgan fingerprint density at radius 2 is 2.00 bits per heavy atom. The third kappa shape index (κ3) is 3.57. The molecule has 0 saturated carbocycles. The van der Waals surface area contributed by atoms with Crippen LogP contribution in [0.2, 0.25) is 5.02 Å². The molecule has 1 unspecified atom stereocenters. The van der Waals surface area contributed by atoms with Gasteiger partial charge in [0.25, 0.3) is 5.91 Å². The number of nitrogens with one attached hydrogen (secondary N) is 1. The lowest BCUT2D eigenvalue weighted by atomic mass is 10.2. The summed E-state index contributed by atoms with van der Waals surface area (Å²) in [6.45, 7) is 0.533. The van der Waals surface area contributed by atoms with Crippen molar-refractivity contribution in [2.45, 2.75) is 19.0 Å². The standard InChI is InChI=1S/C11H10ClF4NO2/c1-2-19-10(13,11(14,15)16)9(18)17-8-5-3-4-7(12)6-8/h3-6H,2H2,1H3,(H,17,18). The number of anilines is 1. The van der Waals surface area contributed by atoms with E-state index in [9.17, 15) is 22.4 Å². The van der Waals surface area contributed by atoms with Crippen LogP contribution in [0, 0.1) is 0 Å². The molecule has 1 atom stereocenters. The van der Waals surface area contributed by atoms with Gasteiger partial charge in [-0.3, -0.25) is 4.79 Å². The van der Waals surface area contributed by atoms with E-state index in [-0.39, 0.29) is 10.7 Å². The third-order valence-corrected chi connectivity index (χ3v) is 2.32. The van der Waals surface area contributed by atoms with E-state index in [4.69, 9.17) is 11.6 Å². The lowest BCUT2D eigenvalue weighted by molar-refractivity contribution is -0.311. The van der Waals surface area contributed by atoms with Gasteiger partial charge in [-0.25, -0.2) is 0 Å². The predicted molar refractivity (Wildman–Crippen MR) is 61.6 cm³/mol. The van der Waals surface area contributed by atoms with Gasteiger partial charge in [0.15, 0.2) is 0 Å². The summed E-state index contributed by atoms with van der Waals surface area (Å²) >= 11 is 5.60. The smallest absolute Gasteiger partial charge is 0.332 e. The van der Waals surface area contributed by atoms with E-state index < -0.39 is 24.5 Å². The largest absolute Gasteiger partial charge is 0.458 e. The van der Waals surface area contributed by atoms with E-state index in [0.29, 0.717) is 0 Å². The van der Waals surface area contributed by atoms with E-state index >= 15 is 0 Å². The third-order valence-electron chi connectivity index (χ3n) is 2.08. The van der Waals surface area contributed by atoms with E-state index in [1.807, 2.05) is 0 Å². The molecule has 1 rings (SSSR count). The van der Waals surface area contributed by atoms with Gasteiger partial charge in [0.1, 0.15) is 0 Å². The van der Waals surface area contributed by atoms with E-state index in [0.717, 1.165) is 6.92 Å². The molecular formula is C11H10ClF4NO2. The van der Waals surface area contributed by atoms with Crippen molar-refractivity contribution in [2.24, 2.45) is 0 Å². The van der Waals surface area contributed by atoms with E-state index in [1.165, 1.54) is 24.3 Å². The molecule has 0 bridgehead atoms. The van der Waals surface area contributed by atoms with Crippen LogP contribution in [0.25, 0.3) is 0 Å². The Morgan fingerprint density at radius 3 is 2.47 bits per heavy atom. The maximum Gasteiger partial charge on any atom is 0.458 e. The van der Waals surface area contributed by atoms with Crippen molar-refractivity contribution in [3.63, 3.8) is 0 Å². The normalized spacial score (nSPS) is 14.8. The quantitative estimate of drug-likeness (QED) is 0.864. The summed E-state index contributed by atoms with van der Waals surface area (Å²) in [5, 5.41) is 1.96. The molecule has 0 radical (unpaired) electrons. The van der Waals surface area contributed by atoms with Gasteiger partial charge in [-0.05, 0) is 25.1 Å². The Morgan fingerprint density at radius 1 is 1.37 bits per heavy atom. The fourth-order valence-electron chi connectivity index (χ4n) is 1.25. The number of ether oxygens (including phenoxy) is 1.